The lowest BCUT2D eigenvalue weighted by Gasteiger charge is -2.36. The van der Waals surface area contributed by atoms with Gasteiger partial charge in [0.15, 0.2) is 6.10 Å². The van der Waals surface area contributed by atoms with Crippen molar-refractivity contribution in [2.45, 2.75) is 13.0 Å². The van der Waals surface area contributed by atoms with Crippen LogP contribution in [0.3, 0.4) is 0 Å². The molecule has 1 atom stereocenters. The normalized spacial score (nSPS) is 15.5. The third-order valence-corrected chi connectivity index (χ3v) is 4.44. The molecule has 0 radical (unpaired) electrons. The molecule has 1 aromatic heterocycles. The molecule has 1 unspecified atom stereocenters. The number of carbonyl (C=O) groups is 1. The molecule has 1 saturated heterocycles. The molecule has 2 heterocycles. The number of benzene rings is 1. The predicted molar refractivity (Wildman–Crippen MR) is 98.9 cm³/mol. The standard InChI is InChI=1S/C18H21ClN4O3/c1-13(26-15-5-3-4-14(19)10-15)18(24)23-8-6-22(7-9-23)16-11-17(25-2)21-12-20-16/h3-5,10-13H,6-9H2,1-2H3. The summed E-state index contributed by atoms with van der Waals surface area (Å²) in [4.78, 5) is 24.8. The van der Waals surface area contributed by atoms with Crippen molar-refractivity contribution >= 4 is 23.3 Å². The molecule has 1 aliphatic rings. The fraction of sp³-hybridized carbons (Fsp3) is 0.389. The first-order valence-corrected chi connectivity index (χ1v) is 8.76. The van der Waals surface area contributed by atoms with Crippen LogP contribution in [-0.2, 0) is 4.79 Å². The zero-order valence-corrected chi connectivity index (χ0v) is 15.5. The van der Waals surface area contributed by atoms with E-state index in [9.17, 15) is 4.79 Å². The highest BCUT2D eigenvalue weighted by molar-refractivity contribution is 6.30. The van der Waals surface area contributed by atoms with E-state index in [0.29, 0.717) is 42.8 Å². The van der Waals surface area contributed by atoms with Gasteiger partial charge < -0.3 is 19.3 Å². The van der Waals surface area contributed by atoms with E-state index in [1.165, 1.54) is 6.33 Å². The van der Waals surface area contributed by atoms with Crippen LogP contribution in [0.25, 0.3) is 0 Å². The van der Waals surface area contributed by atoms with Gasteiger partial charge in [0, 0.05) is 37.3 Å². The summed E-state index contributed by atoms with van der Waals surface area (Å²) < 4.78 is 10.9. The Morgan fingerprint density at radius 2 is 1.96 bits per heavy atom. The minimum atomic E-state index is -0.570. The lowest BCUT2D eigenvalue weighted by atomic mass is 10.2. The zero-order valence-electron chi connectivity index (χ0n) is 14.8. The minimum absolute atomic E-state index is 0.0371. The molecular formula is C18H21ClN4O3. The van der Waals surface area contributed by atoms with Crippen molar-refractivity contribution in [3.8, 4) is 11.6 Å². The van der Waals surface area contributed by atoms with Crippen molar-refractivity contribution in [3.05, 3.63) is 41.7 Å². The van der Waals surface area contributed by atoms with Crippen LogP contribution in [0.1, 0.15) is 6.92 Å². The van der Waals surface area contributed by atoms with Crippen LogP contribution in [0, 0.1) is 0 Å². The first-order chi connectivity index (χ1) is 12.6. The van der Waals surface area contributed by atoms with E-state index in [2.05, 4.69) is 14.9 Å². The molecule has 1 aromatic carbocycles. The number of nitrogens with zero attached hydrogens (tertiary/aromatic N) is 4. The number of ether oxygens (including phenoxy) is 2. The molecule has 0 spiro atoms. The third kappa shape index (κ3) is 4.35. The maximum Gasteiger partial charge on any atom is 0.263 e. The quantitative estimate of drug-likeness (QED) is 0.797. The van der Waals surface area contributed by atoms with Gasteiger partial charge in [-0.1, -0.05) is 17.7 Å². The molecule has 26 heavy (non-hydrogen) atoms. The first kappa shape index (κ1) is 18.3. The lowest BCUT2D eigenvalue weighted by Crippen LogP contribution is -2.52. The summed E-state index contributed by atoms with van der Waals surface area (Å²) >= 11 is 5.95. The maximum absolute atomic E-state index is 12.6. The number of halogens is 1. The van der Waals surface area contributed by atoms with Crippen LogP contribution in [0.2, 0.25) is 5.02 Å². The molecule has 7 nitrogen and oxygen atoms in total. The highest BCUT2D eigenvalue weighted by atomic mass is 35.5. The van der Waals surface area contributed by atoms with Gasteiger partial charge in [-0.25, -0.2) is 9.97 Å². The average molecular weight is 377 g/mol. The fourth-order valence-corrected chi connectivity index (χ4v) is 3.00. The molecule has 0 N–H and O–H groups in total. The number of hydrogen-bond donors (Lipinski definition) is 0. The Morgan fingerprint density at radius 3 is 2.65 bits per heavy atom. The molecule has 138 valence electrons. The molecule has 3 rings (SSSR count). The van der Waals surface area contributed by atoms with Gasteiger partial charge in [-0.2, -0.15) is 0 Å². The molecule has 2 aromatic rings. The van der Waals surface area contributed by atoms with E-state index in [0.717, 1.165) is 5.82 Å². The summed E-state index contributed by atoms with van der Waals surface area (Å²) in [7, 11) is 1.57. The Hall–Kier alpha value is -2.54. The Balaban J connectivity index is 1.56. The van der Waals surface area contributed by atoms with Crippen LogP contribution in [0.15, 0.2) is 36.7 Å². The lowest BCUT2D eigenvalue weighted by molar-refractivity contribution is -0.138. The van der Waals surface area contributed by atoms with Crippen molar-refractivity contribution in [1.29, 1.82) is 0 Å². The highest BCUT2D eigenvalue weighted by Crippen LogP contribution is 2.20. The van der Waals surface area contributed by atoms with Crippen LogP contribution in [0.5, 0.6) is 11.6 Å². The minimum Gasteiger partial charge on any atom is -0.481 e. The smallest absolute Gasteiger partial charge is 0.263 e. The molecule has 0 aliphatic carbocycles. The first-order valence-electron chi connectivity index (χ1n) is 8.39. The van der Waals surface area contributed by atoms with Gasteiger partial charge in [-0.15, -0.1) is 0 Å². The zero-order chi connectivity index (χ0) is 18.5. The number of rotatable bonds is 5. The van der Waals surface area contributed by atoms with E-state index in [-0.39, 0.29) is 5.91 Å². The molecule has 1 amide bonds. The van der Waals surface area contributed by atoms with E-state index >= 15 is 0 Å². The summed E-state index contributed by atoms with van der Waals surface area (Å²) in [6.45, 7) is 4.35. The van der Waals surface area contributed by atoms with Gasteiger partial charge >= 0.3 is 0 Å². The van der Waals surface area contributed by atoms with E-state index in [1.54, 1.807) is 44.4 Å². The van der Waals surface area contributed by atoms with Crippen LogP contribution in [-0.4, -0.2) is 60.2 Å². The molecule has 0 saturated carbocycles. The number of carbonyl (C=O) groups excluding carboxylic acids is 1. The predicted octanol–water partition coefficient (Wildman–Crippen LogP) is 2.25. The molecule has 8 heteroatoms. The van der Waals surface area contributed by atoms with E-state index in [1.807, 2.05) is 4.90 Å². The SMILES string of the molecule is COc1cc(N2CCN(C(=O)C(C)Oc3cccc(Cl)c3)CC2)ncn1. The second kappa shape index (κ2) is 8.23. The van der Waals surface area contributed by atoms with Crippen molar-refractivity contribution < 1.29 is 14.3 Å². The molecule has 1 aliphatic heterocycles. The average Bonchev–Trinajstić information content (AvgIpc) is 2.67. The molecule has 1 fully saturated rings. The number of anilines is 1. The summed E-state index contributed by atoms with van der Waals surface area (Å²) in [5.41, 5.74) is 0. The van der Waals surface area contributed by atoms with Gasteiger partial charge in [-0.05, 0) is 25.1 Å². The van der Waals surface area contributed by atoms with Crippen LogP contribution in [0.4, 0.5) is 5.82 Å². The monoisotopic (exact) mass is 376 g/mol. The molecule has 0 bridgehead atoms. The number of amides is 1. The summed E-state index contributed by atoms with van der Waals surface area (Å²) in [6, 6.07) is 8.84. The Labute approximate surface area is 157 Å². The summed E-state index contributed by atoms with van der Waals surface area (Å²) in [5, 5.41) is 0.580. The number of aromatic nitrogens is 2. The topological polar surface area (TPSA) is 67.8 Å². The maximum atomic E-state index is 12.6. The number of methoxy groups -OCH3 is 1. The second-order valence-electron chi connectivity index (χ2n) is 5.95. The van der Waals surface area contributed by atoms with Gasteiger partial charge in [0.2, 0.25) is 5.88 Å². The van der Waals surface area contributed by atoms with Gasteiger partial charge in [0.05, 0.1) is 7.11 Å². The van der Waals surface area contributed by atoms with Crippen LogP contribution < -0.4 is 14.4 Å². The highest BCUT2D eigenvalue weighted by Gasteiger charge is 2.26. The summed E-state index contributed by atoms with van der Waals surface area (Å²) in [6.07, 6.45) is 0.909. The van der Waals surface area contributed by atoms with Gasteiger partial charge in [0.25, 0.3) is 5.91 Å². The van der Waals surface area contributed by atoms with E-state index in [4.69, 9.17) is 21.1 Å². The van der Waals surface area contributed by atoms with Crippen molar-refractivity contribution in [2.24, 2.45) is 0 Å². The molecular weight excluding hydrogens is 356 g/mol. The largest absolute Gasteiger partial charge is 0.481 e. The second-order valence-corrected chi connectivity index (χ2v) is 6.38. The van der Waals surface area contributed by atoms with Gasteiger partial charge in [-0.3, -0.25) is 4.79 Å². The van der Waals surface area contributed by atoms with Crippen LogP contribution >= 0.6 is 11.6 Å². The summed E-state index contributed by atoms with van der Waals surface area (Å²) in [5.74, 6) is 1.87. The van der Waals surface area contributed by atoms with Crippen molar-refractivity contribution in [2.75, 3.05) is 38.2 Å². The Morgan fingerprint density at radius 1 is 1.19 bits per heavy atom. The Bertz CT molecular complexity index is 766. The number of piperazine rings is 1. The Kier molecular flexibility index (Phi) is 5.78. The van der Waals surface area contributed by atoms with Crippen molar-refractivity contribution in [1.82, 2.24) is 14.9 Å². The third-order valence-electron chi connectivity index (χ3n) is 4.21. The fourth-order valence-electron chi connectivity index (χ4n) is 2.82. The van der Waals surface area contributed by atoms with E-state index < -0.39 is 6.10 Å². The van der Waals surface area contributed by atoms with Gasteiger partial charge in [0.1, 0.15) is 17.9 Å². The number of hydrogen-bond acceptors (Lipinski definition) is 6. The van der Waals surface area contributed by atoms with Crippen molar-refractivity contribution in [3.63, 3.8) is 0 Å².